The zero-order valence-electron chi connectivity index (χ0n) is 15.2. The van der Waals surface area contributed by atoms with Crippen LogP contribution in [0.4, 0.5) is 0 Å². The molecule has 0 bridgehead atoms. The molecule has 5 heteroatoms. The molecule has 0 unspecified atom stereocenters. The van der Waals surface area contributed by atoms with Gasteiger partial charge >= 0.3 is 5.97 Å². The number of carbonyl (C=O) groups is 1. The normalized spacial score (nSPS) is 11.5. The lowest BCUT2D eigenvalue weighted by Crippen LogP contribution is -2.25. The van der Waals surface area contributed by atoms with Gasteiger partial charge in [0.25, 0.3) is 0 Å². The van der Waals surface area contributed by atoms with Gasteiger partial charge in [-0.2, -0.15) is 0 Å². The van der Waals surface area contributed by atoms with Gasteiger partial charge in [-0.15, -0.1) is 5.10 Å². The quantitative estimate of drug-likeness (QED) is 0.573. The van der Waals surface area contributed by atoms with E-state index < -0.39 is 6.04 Å². The molecule has 0 saturated heterocycles. The fourth-order valence-electron chi connectivity index (χ4n) is 2.59. The number of unbranched alkanes of at least 4 members (excludes halogenated alkanes) is 1. The molecule has 0 fully saturated rings. The Morgan fingerprint density at radius 1 is 1.24 bits per heavy atom. The number of carbonyl (C=O) groups excluding carboxylic acids is 1. The molecule has 1 aromatic heterocycles. The standard InChI is InChI=1S/C20H25N3O2/c1-4-6-8-14-18-17(11-5-2)21-22-23(18)19(20(24)25-3)15-16-12-9-7-10-13-16/h7,9-10,12-13,19H,4-6,11,15H2,1-3H3/t19-/m0/s1. The third-order valence-corrected chi connectivity index (χ3v) is 3.87. The Balaban J connectivity index is 2.42. The molecule has 0 aliphatic heterocycles. The van der Waals surface area contributed by atoms with Crippen molar-refractivity contribution in [1.82, 2.24) is 15.0 Å². The second kappa shape index (κ2) is 9.63. The first kappa shape index (κ1) is 18.7. The van der Waals surface area contributed by atoms with Gasteiger partial charge in [0.15, 0.2) is 6.04 Å². The average Bonchev–Trinajstić information content (AvgIpc) is 3.03. The van der Waals surface area contributed by atoms with Crippen molar-refractivity contribution in [2.45, 2.75) is 52.0 Å². The van der Waals surface area contributed by atoms with Gasteiger partial charge in [-0.1, -0.05) is 61.7 Å². The Bertz CT molecular complexity index is 741. The Morgan fingerprint density at radius 3 is 2.64 bits per heavy atom. The summed E-state index contributed by atoms with van der Waals surface area (Å²) in [5.41, 5.74) is 2.60. The van der Waals surface area contributed by atoms with E-state index in [2.05, 4.69) is 36.0 Å². The highest BCUT2D eigenvalue weighted by atomic mass is 16.5. The molecule has 2 rings (SSSR count). The maximum Gasteiger partial charge on any atom is 0.331 e. The van der Waals surface area contributed by atoms with Crippen LogP contribution in [0.15, 0.2) is 30.3 Å². The van der Waals surface area contributed by atoms with Crippen molar-refractivity contribution in [3.8, 4) is 11.8 Å². The number of aryl methyl sites for hydroxylation is 1. The zero-order valence-corrected chi connectivity index (χ0v) is 15.2. The third-order valence-electron chi connectivity index (χ3n) is 3.87. The maximum absolute atomic E-state index is 12.4. The van der Waals surface area contributed by atoms with Crippen LogP contribution >= 0.6 is 0 Å². The summed E-state index contributed by atoms with van der Waals surface area (Å²) >= 11 is 0. The number of ether oxygens (including phenoxy) is 1. The van der Waals surface area contributed by atoms with Crippen molar-refractivity contribution < 1.29 is 9.53 Å². The van der Waals surface area contributed by atoms with Crippen molar-refractivity contribution in [3.05, 3.63) is 47.3 Å². The highest BCUT2D eigenvalue weighted by molar-refractivity contribution is 5.74. The molecule has 0 aliphatic carbocycles. The van der Waals surface area contributed by atoms with E-state index in [0.29, 0.717) is 6.42 Å². The van der Waals surface area contributed by atoms with Gasteiger partial charge in [-0.05, 0) is 24.3 Å². The Kier molecular flexibility index (Phi) is 7.21. The Morgan fingerprint density at radius 2 is 2.00 bits per heavy atom. The van der Waals surface area contributed by atoms with E-state index in [1.54, 1.807) is 4.68 Å². The van der Waals surface area contributed by atoms with Gasteiger partial charge in [0.1, 0.15) is 5.69 Å². The fraction of sp³-hybridized carbons (Fsp3) is 0.450. The van der Waals surface area contributed by atoms with E-state index in [0.717, 1.165) is 42.6 Å². The van der Waals surface area contributed by atoms with E-state index in [1.165, 1.54) is 7.11 Å². The zero-order chi connectivity index (χ0) is 18.1. The molecule has 0 N–H and O–H groups in total. The molecule has 0 radical (unpaired) electrons. The van der Waals surface area contributed by atoms with Crippen LogP contribution in [0.1, 0.15) is 56.1 Å². The first-order valence-corrected chi connectivity index (χ1v) is 8.75. The number of hydrogen-bond acceptors (Lipinski definition) is 4. The summed E-state index contributed by atoms with van der Waals surface area (Å²) in [5, 5.41) is 8.51. The topological polar surface area (TPSA) is 57.0 Å². The van der Waals surface area contributed by atoms with Crippen LogP contribution < -0.4 is 0 Å². The summed E-state index contributed by atoms with van der Waals surface area (Å²) in [6, 6.07) is 9.26. The molecule has 1 heterocycles. The first-order valence-electron chi connectivity index (χ1n) is 8.75. The lowest BCUT2D eigenvalue weighted by Gasteiger charge is -2.16. The minimum atomic E-state index is -0.573. The second-order valence-corrected chi connectivity index (χ2v) is 5.86. The summed E-state index contributed by atoms with van der Waals surface area (Å²) in [5.74, 6) is 5.98. The smallest absolute Gasteiger partial charge is 0.331 e. The molecule has 0 spiro atoms. The van der Waals surface area contributed by atoms with E-state index in [1.807, 2.05) is 30.3 Å². The molecule has 1 atom stereocenters. The molecular weight excluding hydrogens is 314 g/mol. The van der Waals surface area contributed by atoms with Crippen LogP contribution in [-0.2, 0) is 22.4 Å². The second-order valence-electron chi connectivity index (χ2n) is 5.86. The lowest BCUT2D eigenvalue weighted by atomic mass is 10.1. The van der Waals surface area contributed by atoms with Crippen LogP contribution in [-0.4, -0.2) is 28.1 Å². The van der Waals surface area contributed by atoms with Crippen molar-refractivity contribution in [3.63, 3.8) is 0 Å². The molecule has 5 nitrogen and oxygen atoms in total. The van der Waals surface area contributed by atoms with Gasteiger partial charge < -0.3 is 4.74 Å². The molecule has 1 aromatic carbocycles. The largest absolute Gasteiger partial charge is 0.467 e. The molecule has 0 amide bonds. The molecule has 25 heavy (non-hydrogen) atoms. The van der Waals surface area contributed by atoms with Gasteiger partial charge in [-0.25, -0.2) is 9.48 Å². The van der Waals surface area contributed by atoms with Gasteiger partial charge in [0.2, 0.25) is 0 Å². The molecule has 0 aliphatic rings. The van der Waals surface area contributed by atoms with Crippen LogP contribution in [0.25, 0.3) is 0 Å². The van der Waals surface area contributed by atoms with E-state index in [9.17, 15) is 4.79 Å². The van der Waals surface area contributed by atoms with Crippen LogP contribution in [0, 0.1) is 11.8 Å². The SMILES string of the molecule is CCCC#Cc1c(CCC)nnn1[C@@H](Cc1ccccc1)C(=O)OC. The highest BCUT2D eigenvalue weighted by Gasteiger charge is 2.26. The van der Waals surface area contributed by atoms with Gasteiger partial charge in [0.05, 0.1) is 12.8 Å². The molecule has 132 valence electrons. The minimum absolute atomic E-state index is 0.338. The number of nitrogens with zero attached hydrogens (tertiary/aromatic N) is 3. The third kappa shape index (κ3) is 4.93. The van der Waals surface area contributed by atoms with E-state index in [-0.39, 0.29) is 5.97 Å². The summed E-state index contributed by atoms with van der Waals surface area (Å²) in [4.78, 5) is 12.4. The lowest BCUT2D eigenvalue weighted by molar-refractivity contribution is -0.145. The number of methoxy groups -OCH3 is 1. The summed E-state index contributed by atoms with van der Waals surface area (Å²) in [6.07, 6.45) is 4.02. The summed E-state index contributed by atoms with van der Waals surface area (Å²) < 4.78 is 6.64. The first-order chi connectivity index (χ1) is 12.2. The number of aromatic nitrogens is 3. The van der Waals surface area contributed by atoms with E-state index >= 15 is 0 Å². The van der Waals surface area contributed by atoms with Gasteiger partial charge in [0, 0.05) is 12.8 Å². The highest BCUT2D eigenvalue weighted by Crippen LogP contribution is 2.19. The predicted octanol–water partition coefficient (Wildman–Crippen LogP) is 3.34. The number of hydrogen-bond donors (Lipinski definition) is 0. The Labute approximate surface area is 149 Å². The molecule has 2 aromatic rings. The fourth-order valence-corrected chi connectivity index (χ4v) is 2.59. The van der Waals surface area contributed by atoms with Crippen molar-refractivity contribution in [2.24, 2.45) is 0 Å². The van der Waals surface area contributed by atoms with Crippen molar-refractivity contribution >= 4 is 5.97 Å². The maximum atomic E-state index is 12.4. The summed E-state index contributed by atoms with van der Waals surface area (Å²) in [7, 11) is 1.40. The van der Waals surface area contributed by atoms with Crippen molar-refractivity contribution in [1.29, 1.82) is 0 Å². The Hall–Kier alpha value is -2.61. The average molecular weight is 339 g/mol. The number of benzene rings is 1. The molecule has 0 saturated carbocycles. The monoisotopic (exact) mass is 339 g/mol. The molecular formula is C20H25N3O2. The van der Waals surface area contributed by atoms with E-state index in [4.69, 9.17) is 4.74 Å². The van der Waals surface area contributed by atoms with Gasteiger partial charge in [-0.3, -0.25) is 0 Å². The predicted molar refractivity (Wildman–Crippen MR) is 97.0 cm³/mol. The van der Waals surface area contributed by atoms with Crippen LogP contribution in [0.3, 0.4) is 0 Å². The number of esters is 1. The summed E-state index contributed by atoms with van der Waals surface area (Å²) in [6.45, 7) is 4.17. The van der Waals surface area contributed by atoms with Crippen LogP contribution in [0.5, 0.6) is 0 Å². The number of rotatable bonds is 7. The van der Waals surface area contributed by atoms with Crippen LogP contribution in [0.2, 0.25) is 0 Å². The minimum Gasteiger partial charge on any atom is -0.467 e. The van der Waals surface area contributed by atoms with Crippen molar-refractivity contribution in [2.75, 3.05) is 7.11 Å².